The molecule has 1 aromatic carbocycles. The second kappa shape index (κ2) is 6.00. The van der Waals surface area contributed by atoms with Crippen LogP contribution in [0.15, 0.2) is 30.3 Å². The van der Waals surface area contributed by atoms with Crippen LogP contribution in [0.2, 0.25) is 0 Å². The molecule has 0 fully saturated rings. The van der Waals surface area contributed by atoms with E-state index in [1.165, 1.54) is 6.08 Å². The summed E-state index contributed by atoms with van der Waals surface area (Å²) in [4.78, 5) is 24.0. The molecule has 0 saturated heterocycles. The smallest absolute Gasteiger partial charge is 0.328 e. The number of carboxylic acids is 1. The number of carboxylic acid groups (broad SMARTS) is 1. The minimum atomic E-state index is -0.991. The zero-order valence-corrected chi connectivity index (χ0v) is 10.8. The normalized spacial score (nSPS) is 10.9. The van der Waals surface area contributed by atoms with E-state index >= 15 is 0 Å². The van der Waals surface area contributed by atoms with Crippen molar-refractivity contribution in [2.45, 2.75) is 19.9 Å². The number of rotatable bonds is 4. The maximum absolute atomic E-state index is 12.0. The third kappa shape index (κ3) is 3.73. The lowest BCUT2D eigenvalue weighted by molar-refractivity contribution is -0.131. The summed E-state index contributed by atoms with van der Waals surface area (Å²) in [7, 11) is 1.76. The summed E-state index contributed by atoms with van der Waals surface area (Å²) in [6.45, 7) is 3.89. The van der Waals surface area contributed by atoms with Gasteiger partial charge in [0, 0.05) is 24.7 Å². The molecule has 0 saturated carbocycles. The molecule has 96 valence electrons. The van der Waals surface area contributed by atoms with Gasteiger partial charge in [0.2, 0.25) is 0 Å². The van der Waals surface area contributed by atoms with Gasteiger partial charge in [-0.2, -0.15) is 0 Å². The van der Waals surface area contributed by atoms with E-state index in [1.54, 1.807) is 36.2 Å². The molecule has 1 amide bonds. The number of nitrogens with zero attached hydrogens (tertiary/aromatic N) is 1. The van der Waals surface area contributed by atoms with Gasteiger partial charge in [0.1, 0.15) is 0 Å². The highest BCUT2D eigenvalue weighted by Gasteiger charge is 2.13. The standard InChI is InChI=1S/C14H17NO3/c1-10(2)15(3)14(18)12-7-4-11(5-8-12)6-9-13(16)17/h4-10H,1-3H3,(H,16,17)/b9-6+. The van der Waals surface area contributed by atoms with Crippen LogP contribution in [-0.4, -0.2) is 35.0 Å². The second-order valence-corrected chi connectivity index (χ2v) is 4.30. The Kier molecular flexibility index (Phi) is 4.66. The van der Waals surface area contributed by atoms with Crippen LogP contribution in [0.5, 0.6) is 0 Å². The summed E-state index contributed by atoms with van der Waals surface area (Å²) in [5.74, 6) is -1.03. The lowest BCUT2D eigenvalue weighted by Gasteiger charge is -2.21. The fourth-order valence-electron chi connectivity index (χ4n) is 1.34. The molecule has 1 aromatic rings. The number of aliphatic carboxylic acids is 1. The maximum Gasteiger partial charge on any atom is 0.328 e. The van der Waals surface area contributed by atoms with Gasteiger partial charge < -0.3 is 10.0 Å². The molecular weight excluding hydrogens is 230 g/mol. The highest BCUT2D eigenvalue weighted by atomic mass is 16.4. The van der Waals surface area contributed by atoms with Crippen LogP contribution in [0.25, 0.3) is 6.08 Å². The van der Waals surface area contributed by atoms with Crippen molar-refractivity contribution in [3.8, 4) is 0 Å². The van der Waals surface area contributed by atoms with Crippen LogP contribution >= 0.6 is 0 Å². The molecule has 0 aliphatic carbocycles. The summed E-state index contributed by atoms with van der Waals surface area (Å²) in [6.07, 6.45) is 2.56. The molecule has 0 bridgehead atoms. The van der Waals surface area contributed by atoms with Crippen molar-refractivity contribution in [1.29, 1.82) is 0 Å². The average Bonchev–Trinajstić information content (AvgIpc) is 2.35. The molecule has 1 N–H and O–H groups in total. The molecular formula is C14H17NO3. The summed E-state index contributed by atoms with van der Waals surface area (Å²) in [5.41, 5.74) is 1.35. The van der Waals surface area contributed by atoms with Crippen molar-refractivity contribution >= 4 is 18.0 Å². The van der Waals surface area contributed by atoms with E-state index in [1.807, 2.05) is 13.8 Å². The van der Waals surface area contributed by atoms with Crippen molar-refractivity contribution in [1.82, 2.24) is 4.90 Å². The van der Waals surface area contributed by atoms with Crippen molar-refractivity contribution in [2.75, 3.05) is 7.05 Å². The molecule has 0 spiro atoms. The SMILES string of the molecule is CC(C)N(C)C(=O)c1ccc(/C=C/C(=O)O)cc1. The molecule has 0 atom stereocenters. The van der Waals surface area contributed by atoms with E-state index < -0.39 is 5.97 Å². The van der Waals surface area contributed by atoms with Gasteiger partial charge in [-0.15, -0.1) is 0 Å². The molecule has 0 aliphatic heterocycles. The molecule has 0 radical (unpaired) electrons. The van der Waals surface area contributed by atoms with Gasteiger partial charge in [0.15, 0.2) is 0 Å². The van der Waals surface area contributed by atoms with E-state index in [0.29, 0.717) is 5.56 Å². The summed E-state index contributed by atoms with van der Waals surface area (Å²) in [6, 6.07) is 6.98. The van der Waals surface area contributed by atoms with Gasteiger partial charge in [0.25, 0.3) is 5.91 Å². The highest BCUT2D eigenvalue weighted by molar-refractivity contribution is 5.94. The van der Waals surface area contributed by atoms with E-state index in [-0.39, 0.29) is 11.9 Å². The Balaban J connectivity index is 2.83. The lowest BCUT2D eigenvalue weighted by atomic mass is 10.1. The first-order valence-corrected chi connectivity index (χ1v) is 5.70. The first kappa shape index (κ1) is 14.0. The van der Waals surface area contributed by atoms with Crippen LogP contribution in [0.1, 0.15) is 29.8 Å². The molecule has 0 aliphatic rings. The predicted octanol–water partition coefficient (Wildman–Crippen LogP) is 2.26. The van der Waals surface area contributed by atoms with Gasteiger partial charge >= 0.3 is 5.97 Å². The van der Waals surface area contributed by atoms with Gasteiger partial charge in [-0.1, -0.05) is 12.1 Å². The highest BCUT2D eigenvalue weighted by Crippen LogP contribution is 2.10. The Morgan fingerprint density at radius 3 is 2.22 bits per heavy atom. The second-order valence-electron chi connectivity index (χ2n) is 4.30. The molecule has 0 unspecified atom stereocenters. The lowest BCUT2D eigenvalue weighted by Crippen LogP contribution is -2.32. The maximum atomic E-state index is 12.0. The number of carbonyl (C=O) groups is 2. The first-order valence-electron chi connectivity index (χ1n) is 5.70. The summed E-state index contributed by atoms with van der Waals surface area (Å²) < 4.78 is 0. The monoisotopic (exact) mass is 247 g/mol. The van der Waals surface area contributed by atoms with Gasteiger partial charge in [0.05, 0.1) is 0 Å². The Morgan fingerprint density at radius 1 is 1.22 bits per heavy atom. The molecule has 4 heteroatoms. The molecule has 0 aromatic heterocycles. The fourth-order valence-corrected chi connectivity index (χ4v) is 1.34. The minimum absolute atomic E-state index is 0.0428. The number of amides is 1. The summed E-state index contributed by atoms with van der Waals surface area (Å²) in [5, 5.41) is 8.50. The Bertz CT molecular complexity index is 460. The van der Waals surface area contributed by atoms with Crippen LogP contribution < -0.4 is 0 Å². The largest absolute Gasteiger partial charge is 0.478 e. The fraction of sp³-hybridized carbons (Fsp3) is 0.286. The average molecular weight is 247 g/mol. The topological polar surface area (TPSA) is 57.6 Å². The number of hydrogen-bond acceptors (Lipinski definition) is 2. The molecule has 18 heavy (non-hydrogen) atoms. The van der Waals surface area contributed by atoms with Crippen molar-refractivity contribution in [2.24, 2.45) is 0 Å². The zero-order valence-electron chi connectivity index (χ0n) is 10.8. The number of benzene rings is 1. The Labute approximate surface area is 107 Å². The number of carbonyl (C=O) groups excluding carboxylic acids is 1. The number of hydrogen-bond donors (Lipinski definition) is 1. The molecule has 0 heterocycles. The van der Waals surface area contributed by atoms with Gasteiger partial charge in [-0.25, -0.2) is 4.79 Å². The Hall–Kier alpha value is -2.10. The quantitative estimate of drug-likeness (QED) is 0.830. The van der Waals surface area contributed by atoms with Crippen LogP contribution in [0.4, 0.5) is 0 Å². The third-order valence-electron chi connectivity index (χ3n) is 2.67. The van der Waals surface area contributed by atoms with E-state index in [0.717, 1.165) is 11.6 Å². The molecule has 1 rings (SSSR count). The minimum Gasteiger partial charge on any atom is -0.478 e. The van der Waals surface area contributed by atoms with Crippen molar-refractivity contribution < 1.29 is 14.7 Å². The van der Waals surface area contributed by atoms with Crippen LogP contribution in [0, 0.1) is 0 Å². The first-order chi connectivity index (χ1) is 8.41. The van der Waals surface area contributed by atoms with Gasteiger partial charge in [-0.3, -0.25) is 4.79 Å². The van der Waals surface area contributed by atoms with Crippen LogP contribution in [0.3, 0.4) is 0 Å². The predicted molar refractivity (Wildman–Crippen MR) is 70.3 cm³/mol. The third-order valence-corrected chi connectivity index (χ3v) is 2.67. The van der Waals surface area contributed by atoms with Crippen LogP contribution in [-0.2, 0) is 4.79 Å². The van der Waals surface area contributed by atoms with Crippen molar-refractivity contribution in [3.05, 3.63) is 41.5 Å². The zero-order chi connectivity index (χ0) is 13.7. The van der Waals surface area contributed by atoms with E-state index in [4.69, 9.17) is 5.11 Å². The van der Waals surface area contributed by atoms with Gasteiger partial charge in [-0.05, 0) is 37.6 Å². The Morgan fingerprint density at radius 2 is 1.78 bits per heavy atom. The van der Waals surface area contributed by atoms with E-state index in [9.17, 15) is 9.59 Å². The van der Waals surface area contributed by atoms with Crippen molar-refractivity contribution in [3.63, 3.8) is 0 Å². The molecule has 4 nitrogen and oxygen atoms in total. The van der Waals surface area contributed by atoms with E-state index in [2.05, 4.69) is 0 Å². The summed E-state index contributed by atoms with van der Waals surface area (Å²) >= 11 is 0.